The Labute approximate surface area is 189 Å². The zero-order valence-corrected chi connectivity index (χ0v) is 19.6. The van der Waals surface area contributed by atoms with Gasteiger partial charge in [0.05, 0.1) is 17.4 Å². The molecule has 0 radical (unpaired) electrons. The third kappa shape index (κ3) is 5.80. The molecule has 1 unspecified atom stereocenters. The number of carbonyl (C=O) groups is 1. The summed E-state index contributed by atoms with van der Waals surface area (Å²) in [6.45, 7) is 6.62. The maximum absolute atomic E-state index is 12.4. The second-order valence-electron chi connectivity index (χ2n) is 8.87. The number of nitrogens with zero attached hydrogens (tertiary/aromatic N) is 1. The van der Waals surface area contributed by atoms with Gasteiger partial charge in [-0.3, -0.25) is 9.52 Å². The van der Waals surface area contributed by atoms with E-state index in [-0.39, 0.29) is 23.0 Å². The quantitative estimate of drug-likeness (QED) is 0.494. The van der Waals surface area contributed by atoms with E-state index < -0.39 is 11.0 Å². The van der Waals surface area contributed by atoms with Crippen LogP contribution in [0.4, 0.5) is 10.8 Å². The third-order valence-electron chi connectivity index (χ3n) is 5.16. The van der Waals surface area contributed by atoms with Crippen molar-refractivity contribution >= 4 is 39.0 Å². The Morgan fingerprint density at radius 2 is 1.68 bits per heavy atom. The predicted molar refractivity (Wildman–Crippen MR) is 130 cm³/mol. The smallest absolute Gasteiger partial charge is 0.230 e. The van der Waals surface area contributed by atoms with E-state index >= 15 is 0 Å². The van der Waals surface area contributed by atoms with E-state index in [2.05, 4.69) is 60.1 Å². The normalized spacial score (nSPS) is 14.8. The average Bonchev–Trinajstić information content (AvgIpc) is 3.50. The third-order valence-corrected chi connectivity index (χ3v) is 7.57. The van der Waals surface area contributed by atoms with E-state index in [1.807, 2.05) is 29.6 Å². The lowest BCUT2D eigenvalue weighted by atomic mass is 9.86. The molecule has 31 heavy (non-hydrogen) atoms. The van der Waals surface area contributed by atoms with Crippen molar-refractivity contribution in [3.63, 3.8) is 0 Å². The fourth-order valence-corrected chi connectivity index (χ4v) is 5.11. The van der Waals surface area contributed by atoms with Gasteiger partial charge >= 0.3 is 0 Å². The summed E-state index contributed by atoms with van der Waals surface area (Å²) in [4.78, 5) is 16.8. The topological polar surface area (TPSA) is 71.1 Å². The van der Waals surface area contributed by atoms with Crippen molar-refractivity contribution in [3.05, 3.63) is 65.2 Å². The van der Waals surface area contributed by atoms with Crippen LogP contribution in [0.2, 0.25) is 0 Å². The summed E-state index contributed by atoms with van der Waals surface area (Å²) in [5.41, 5.74) is 5.13. The molecule has 0 spiro atoms. The lowest BCUT2D eigenvalue weighted by Crippen LogP contribution is -2.14. The van der Waals surface area contributed by atoms with Crippen LogP contribution in [0.5, 0.6) is 0 Å². The largest absolute Gasteiger partial charge is 0.326 e. The van der Waals surface area contributed by atoms with Crippen LogP contribution in [-0.2, 0) is 27.6 Å². The minimum atomic E-state index is -1.07. The average molecular weight is 454 g/mol. The molecule has 1 saturated carbocycles. The molecule has 1 heterocycles. The summed E-state index contributed by atoms with van der Waals surface area (Å²) in [6.07, 6.45) is 2.19. The van der Waals surface area contributed by atoms with Crippen molar-refractivity contribution in [2.75, 3.05) is 10.0 Å². The minimum absolute atomic E-state index is 0.123. The van der Waals surface area contributed by atoms with Gasteiger partial charge in [-0.25, -0.2) is 9.19 Å². The van der Waals surface area contributed by atoms with Gasteiger partial charge in [0, 0.05) is 11.1 Å². The Kier molecular flexibility index (Phi) is 6.25. The number of hydrogen-bond acceptors (Lipinski definition) is 4. The number of benzene rings is 2. The maximum atomic E-state index is 12.4. The molecule has 5 nitrogen and oxygen atoms in total. The molecule has 2 aromatic carbocycles. The molecule has 0 aliphatic heterocycles. The zero-order valence-electron chi connectivity index (χ0n) is 18.0. The molecule has 1 amide bonds. The molecule has 0 bridgehead atoms. The molecule has 1 aromatic heterocycles. The standard InChI is InChI=1S/C24H27N3O2S2/c1-24(2,3)18-8-4-16(5-9-18)17-6-10-19(11-7-17)25-22(28)14-20-15-30-23(26-20)27-31(29)21-12-13-21/h4-11,15,21H,12-14H2,1-3H3,(H,25,28)(H,26,27). The fourth-order valence-electron chi connectivity index (χ4n) is 3.16. The van der Waals surface area contributed by atoms with Crippen molar-refractivity contribution in [2.24, 2.45) is 0 Å². The van der Waals surface area contributed by atoms with Crippen LogP contribution in [0, 0.1) is 0 Å². The number of rotatable bonds is 7. The Morgan fingerprint density at radius 3 is 2.26 bits per heavy atom. The highest BCUT2D eigenvalue weighted by Crippen LogP contribution is 2.28. The monoisotopic (exact) mass is 453 g/mol. The van der Waals surface area contributed by atoms with Gasteiger partial charge in [-0.15, -0.1) is 11.3 Å². The van der Waals surface area contributed by atoms with Gasteiger partial charge in [-0.2, -0.15) is 0 Å². The van der Waals surface area contributed by atoms with Crippen molar-refractivity contribution in [3.8, 4) is 11.1 Å². The SMILES string of the molecule is CC(C)(C)c1ccc(-c2ccc(NC(=O)Cc3csc(NS(=O)C4CC4)n3)cc2)cc1. The highest BCUT2D eigenvalue weighted by Gasteiger charge is 2.29. The minimum Gasteiger partial charge on any atom is -0.326 e. The number of thiazole rings is 1. The summed E-state index contributed by atoms with van der Waals surface area (Å²) >= 11 is 1.38. The molecule has 4 rings (SSSR count). The van der Waals surface area contributed by atoms with Crippen LogP contribution in [0.25, 0.3) is 11.1 Å². The van der Waals surface area contributed by atoms with Crippen molar-refractivity contribution in [1.29, 1.82) is 0 Å². The maximum Gasteiger partial charge on any atom is 0.230 e. The van der Waals surface area contributed by atoms with E-state index in [0.29, 0.717) is 10.8 Å². The fraction of sp³-hybridized carbons (Fsp3) is 0.333. The van der Waals surface area contributed by atoms with Gasteiger partial charge in [0.2, 0.25) is 5.91 Å². The molecule has 1 aliphatic carbocycles. The van der Waals surface area contributed by atoms with Crippen molar-refractivity contribution < 1.29 is 9.00 Å². The van der Waals surface area contributed by atoms with Crippen LogP contribution in [0.1, 0.15) is 44.9 Å². The molecule has 3 aromatic rings. The van der Waals surface area contributed by atoms with E-state index in [1.54, 1.807) is 0 Å². The molecule has 1 aliphatic rings. The first-order valence-electron chi connectivity index (χ1n) is 10.4. The Balaban J connectivity index is 1.33. The van der Waals surface area contributed by atoms with Crippen LogP contribution in [0.3, 0.4) is 0 Å². The summed E-state index contributed by atoms with van der Waals surface area (Å²) in [5.74, 6) is -0.123. The molecule has 1 fully saturated rings. The van der Waals surface area contributed by atoms with Gasteiger partial charge < -0.3 is 5.32 Å². The number of carbonyl (C=O) groups excluding carboxylic acids is 1. The van der Waals surface area contributed by atoms with E-state index in [4.69, 9.17) is 0 Å². The zero-order chi connectivity index (χ0) is 22.0. The van der Waals surface area contributed by atoms with Crippen molar-refractivity contribution in [1.82, 2.24) is 4.98 Å². The number of nitrogens with one attached hydrogen (secondary N) is 2. The van der Waals surface area contributed by atoms with E-state index in [0.717, 1.165) is 29.7 Å². The first kappa shape index (κ1) is 21.7. The Morgan fingerprint density at radius 1 is 1.06 bits per heavy atom. The molecule has 7 heteroatoms. The van der Waals surface area contributed by atoms with Crippen LogP contribution in [-0.4, -0.2) is 20.3 Å². The van der Waals surface area contributed by atoms with Gasteiger partial charge in [0.25, 0.3) is 0 Å². The van der Waals surface area contributed by atoms with Gasteiger partial charge in [0.1, 0.15) is 11.0 Å². The lowest BCUT2D eigenvalue weighted by molar-refractivity contribution is -0.115. The van der Waals surface area contributed by atoms with E-state index in [1.165, 1.54) is 16.9 Å². The summed E-state index contributed by atoms with van der Waals surface area (Å²) < 4.78 is 14.9. The highest BCUT2D eigenvalue weighted by molar-refractivity contribution is 7.87. The molecular weight excluding hydrogens is 426 g/mol. The Bertz CT molecular complexity index is 1080. The highest BCUT2D eigenvalue weighted by atomic mass is 32.2. The Hall–Kier alpha value is -2.51. The molecule has 1 atom stereocenters. The second kappa shape index (κ2) is 8.93. The van der Waals surface area contributed by atoms with Crippen LogP contribution >= 0.6 is 11.3 Å². The lowest BCUT2D eigenvalue weighted by Gasteiger charge is -2.19. The number of aromatic nitrogens is 1. The molecule has 0 saturated heterocycles. The first-order valence-corrected chi connectivity index (χ1v) is 12.5. The van der Waals surface area contributed by atoms with Crippen molar-refractivity contribution in [2.45, 2.75) is 50.7 Å². The number of amides is 1. The van der Waals surface area contributed by atoms with Crippen LogP contribution in [0.15, 0.2) is 53.9 Å². The molecule has 162 valence electrons. The second-order valence-corrected chi connectivity index (χ2v) is 11.2. The van der Waals surface area contributed by atoms with Gasteiger partial charge in [-0.1, -0.05) is 57.2 Å². The molecule has 2 N–H and O–H groups in total. The number of anilines is 2. The summed E-state index contributed by atoms with van der Waals surface area (Å²) in [6, 6.07) is 16.5. The summed E-state index contributed by atoms with van der Waals surface area (Å²) in [7, 11) is -1.07. The van der Waals surface area contributed by atoms with Crippen LogP contribution < -0.4 is 10.0 Å². The molecular formula is C24H27N3O2S2. The van der Waals surface area contributed by atoms with Gasteiger partial charge in [-0.05, 0) is 47.1 Å². The predicted octanol–water partition coefficient (Wildman–Crippen LogP) is 5.53. The summed E-state index contributed by atoms with van der Waals surface area (Å²) in [5, 5.41) is 5.60. The first-order chi connectivity index (χ1) is 14.8. The van der Waals surface area contributed by atoms with E-state index in [9.17, 15) is 9.00 Å². The number of hydrogen-bond donors (Lipinski definition) is 2. The van der Waals surface area contributed by atoms with Gasteiger partial charge in [0.15, 0.2) is 5.13 Å².